The van der Waals surface area contributed by atoms with E-state index in [-0.39, 0.29) is 30.4 Å². The van der Waals surface area contributed by atoms with Crippen LogP contribution in [-0.2, 0) is 22.7 Å². The lowest BCUT2D eigenvalue weighted by molar-refractivity contribution is -0.132. The van der Waals surface area contributed by atoms with Gasteiger partial charge in [0.05, 0.1) is 0 Å². The highest BCUT2D eigenvalue weighted by Gasteiger charge is 2.38. The van der Waals surface area contributed by atoms with Crippen LogP contribution in [0.3, 0.4) is 0 Å². The molecule has 1 aliphatic heterocycles. The third kappa shape index (κ3) is 5.51. The number of amidine groups is 1. The van der Waals surface area contributed by atoms with Crippen molar-refractivity contribution in [2.24, 2.45) is 4.99 Å². The van der Waals surface area contributed by atoms with E-state index < -0.39 is 23.6 Å². The summed E-state index contributed by atoms with van der Waals surface area (Å²) in [7, 11) is 1.40. The van der Waals surface area contributed by atoms with Gasteiger partial charge < -0.3 is 16.4 Å². The number of benzene rings is 1. The molecular weight excluding hydrogens is 430 g/mol. The number of pyridine rings is 1. The van der Waals surface area contributed by atoms with E-state index in [1.54, 1.807) is 25.3 Å². The number of allylic oxidation sites excluding steroid dienone is 1. The summed E-state index contributed by atoms with van der Waals surface area (Å²) >= 11 is 0. The van der Waals surface area contributed by atoms with E-state index in [2.05, 4.69) is 27.2 Å². The molecular formula is C23H26F2N6O2. The number of likely N-dealkylation sites (tertiary alicyclic amines) is 1. The van der Waals surface area contributed by atoms with Crippen molar-refractivity contribution in [2.45, 2.75) is 38.9 Å². The van der Waals surface area contributed by atoms with E-state index in [9.17, 15) is 18.4 Å². The molecule has 1 aliphatic rings. The SMILES string of the molecule is C=C1CCC(C(=O)NCc2ccc(N)nc2)N1C(=O)C(=NC)NCc1cc(C)cc(F)c1F. The lowest BCUT2D eigenvalue weighted by Crippen LogP contribution is -2.49. The average Bonchev–Trinajstić information content (AvgIpc) is 3.17. The van der Waals surface area contributed by atoms with Crippen LogP contribution in [0.25, 0.3) is 0 Å². The highest BCUT2D eigenvalue weighted by atomic mass is 19.2. The first-order chi connectivity index (χ1) is 15.7. The first kappa shape index (κ1) is 23.8. The van der Waals surface area contributed by atoms with Crippen LogP contribution in [0.4, 0.5) is 14.6 Å². The summed E-state index contributed by atoms with van der Waals surface area (Å²) in [5.74, 6) is -2.57. The second kappa shape index (κ2) is 10.2. The molecule has 2 amide bonds. The topological polar surface area (TPSA) is 113 Å². The molecule has 1 atom stereocenters. The zero-order chi connectivity index (χ0) is 24.1. The van der Waals surface area contributed by atoms with Crippen LogP contribution >= 0.6 is 0 Å². The van der Waals surface area contributed by atoms with E-state index in [1.165, 1.54) is 18.0 Å². The lowest BCUT2D eigenvalue weighted by atomic mass is 10.1. The molecule has 4 N–H and O–H groups in total. The predicted octanol–water partition coefficient (Wildman–Crippen LogP) is 2.19. The summed E-state index contributed by atoms with van der Waals surface area (Å²) in [5.41, 5.74) is 7.42. The number of nitrogens with zero attached hydrogens (tertiary/aromatic N) is 3. The molecule has 2 aromatic rings. The number of anilines is 1. The molecule has 174 valence electrons. The number of nitrogen functional groups attached to an aromatic ring is 1. The van der Waals surface area contributed by atoms with Crippen molar-refractivity contribution in [3.05, 3.63) is 71.1 Å². The fourth-order valence-electron chi connectivity index (χ4n) is 3.62. The Bertz CT molecular complexity index is 1100. The number of rotatable bonds is 5. The second-order valence-corrected chi connectivity index (χ2v) is 7.75. The van der Waals surface area contributed by atoms with Crippen LogP contribution < -0.4 is 16.4 Å². The first-order valence-corrected chi connectivity index (χ1v) is 10.4. The second-order valence-electron chi connectivity index (χ2n) is 7.75. The summed E-state index contributed by atoms with van der Waals surface area (Å²) in [6.45, 7) is 5.62. The van der Waals surface area contributed by atoms with Gasteiger partial charge in [-0.05, 0) is 43.0 Å². The molecule has 33 heavy (non-hydrogen) atoms. The molecule has 1 fully saturated rings. The van der Waals surface area contributed by atoms with Crippen LogP contribution in [0.1, 0.15) is 29.5 Å². The number of aliphatic imine (C=N–C) groups is 1. The molecule has 1 aromatic heterocycles. The van der Waals surface area contributed by atoms with E-state index >= 15 is 0 Å². The van der Waals surface area contributed by atoms with Gasteiger partial charge in [0.15, 0.2) is 17.5 Å². The molecule has 1 saturated heterocycles. The van der Waals surface area contributed by atoms with Gasteiger partial charge in [0.2, 0.25) is 5.91 Å². The maximum absolute atomic E-state index is 14.1. The molecule has 8 nitrogen and oxygen atoms in total. The van der Waals surface area contributed by atoms with E-state index in [0.29, 0.717) is 29.9 Å². The lowest BCUT2D eigenvalue weighted by Gasteiger charge is -2.25. The van der Waals surface area contributed by atoms with Crippen LogP contribution in [0.2, 0.25) is 0 Å². The molecule has 2 heterocycles. The van der Waals surface area contributed by atoms with Gasteiger partial charge in [0.25, 0.3) is 5.91 Å². The molecule has 0 spiro atoms. The maximum atomic E-state index is 14.1. The average molecular weight is 456 g/mol. The Hall–Kier alpha value is -3.82. The predicted molar refractivity (Wildman–Crippen MR) is 121 cm³/mol. The monoisotopic (exact) mass is 456 g/mol. The Kier molecular flexibility index (Phi) is 7.37. The van der Waals surface area contributed by atoms with Crippen LogP contribution in [0.5, 0.6) is 0 Å². The summed E-state index contributed by atoms with van der Waals surface area (Å²) in [6.07, 6.45) is 2.43. The number of hydrogen-bond acceptors (Lipinski definition) is 5. The van der Waals surface area contributed by atoms with Gasteiger partial charge in [-0.1, -0.05) is 18.7 Å². The molecule has 1 unspecified atom stereocenters. The number of hydrogen-bond donors (Lipinski definition) is 3. The normalized spacial score (nSPS) is 16.1. The zero-order valence-electron chi connectivity index (χ0n) is 18.5. The number of carbonyl (C=O) groups excluding carboxylic acids is 2. The molecule has 1 aromatic carbocycles. The van der Waals surface area contributed by atoms with Gasteiger partial charge >= 0.3 is 0 Å². The number of aromatic nitrogens is 1. The molecule has 0 radical (unpaired) electrons. The highest BCUT2D eigenvalue weighted by Crippen LogP contribution is 2.27. The van der Waals surface area contributed by atoms with Crippen molar-refractivity contribution < 1.29 is 18.4 Å². The molecule has 0 aliphatic carbocycles. The summed E-state index contributed by atoms with van der Waals surface area (Å²) < 4.78 is 27.8. The summed E-state index contributed by atoms with van der Waals surface area (Å²) in [6, 6.07) is 5.20. The van der Waals surface area contributed by atoms with Crippen molar-refractivity contribution in [3.8, 4) is 0 Å². The van der Waals surface area contributed by atoms with E-state index in [4.69, 9.17) is 5.73 Å². The number of aryl methyl sites for hydroxylation is 1. The maximum Gasteiger partial charge on any atom is 0.293 e. The van der Waals surface area contributed by atoms with Crippen molar-refractivity contribution in [1.82, 2.24) is 20.5 Å². The first-order valence-electron chi connectivity index (χ1n) is 10.4. The summed E-state index contributed by atoms with van der Waals surface area (Å²) in [5, 5.41) is 5.55. The smallest absolute Gasteiger partial charge is 0.293 e. The van der Waals surface area contributed by atoms with Gasteiger partial charge in [-0.3, -0.25) is 19.5 Å². The van der Waals surface area contributed by atoms with Crippen LogP contribution in [0, 0.1) is 18.6 Å². The van der Waals surface area contributed by atoms with Gasteiger partial charge in [-0.15, -0.1) is 0 Å². The van der Waals surface area contributed by atoms with Crippen LogP contribution in [-0.4, -0.2) is 40.6 Å². The number of carbonyl (C=O) groups is 2. The van der Waals surface area contributed by atoms with E-state index in [1.807, 2.05) is 0 Å². The molecule has 3 rings (SSSR count). The van der Waals surface area contributed by atoms with Crippen molar-refractivity contribution in [3.63, 3.8) is 0 Å². The van der Waals surface area contributed by atoms with Crippen molar-refractivity contribution in [2.75, 3.05) is 12.8 Å². The van der Waals surface area contributed by atoms with Crippen molar-refractivity contribution in [1.29, 1.82) is 0 Å². The van der Waals surface area contributed by atoms with Gasteiger partial charge in [0, 0.05) is 37.6 Å². The highest BCUT2D eigenvalue weighted by molar-refractivity contribution is 6.38. The number of amides is 2. The fourth-order valence-corrected chi connectivity index (χ4v) is 3.62. The summed E-state index contributed by atoms with van der Waals surface area (Å²) in [4.78, 5) is 35.2. The van der Waals surface area contributed by atoms with Crippen LogP contribution in [0.15, 0.2) is 47.7 Å². The minimum absolute atomic E-state index is 0.0631. The third-order valence-electron chi connectivity index (χ3n) is 5.31. The minimum atomic E-state index is -0.990. The standard InChI is InChI=1S/C23H26F2N6O2/c1-13-8-16(20(25)17(24)9-13)12-29-21(27-3)23(33)31-14(2)4-6-18(31)22(32)30-11-15-5-7-19(26)28-10-15/h5,7-10,18H,2,4,6,11-12H2,1,3H3,(H2,26,28)(H,27,29)(H,30,32). The fraction of sp³-hybridized carbons (Fsp3) is 0.304. The Labute approximate surface area is 190 Å². The Morgan fingerprint density at radius 2 is 2.03 bits per heavy atom. The van der Waals surface area contributed by atoms with Gasteiger partial charge in [-0.2, -0.15) is 0 Å². The number of nitrogens with two attached hydrogens (primary N) is 1. The molecule has 0 saturated carbocycles. The number of halogens is 2. The Balaban J connectivity index is 1.68. The third-order valence-corrected chi connectivity index (χ3v) is 5.31. The quantitative estimate of drug-likeness (QED) is 0.472. The van der Waals surface area contributed by atoms with Crippen molar-refractivity contribution >= 4 is 23.5 Å². The van der Waals surface area contributed by atoms with Gasteiger partial charge in [0.1, 0.15) is 11.9 Å². The minimum Gasteiger partial charge on any atom is -0.384 e. The largest absolute Gasteiger partial charge is 0.384 e. The zero-order valence-corrected chi connectivity index (χ0v) is 18.5. The Morgan fingerprint density at radius 3 is 2.70 bits per heavy atom. The van der Waals surface area contributed by atoms with E-state index in [0.717, 1.165) is 11.6 Å². The molecule has 10 heteroatoms. The molecule has 0 bridgehead atoms. The Morgan fingerprint density at radius 1 is 1.27 bits per heavy atom. The van der Waals surface area contributed by atoms with Gasteiger partial charge in [-0.25, -0.2) is 13.8 Å². The number of nitrogens with one attached hydrogen (secondary N) is 2.